The summed E-state index contributed by atoms with van der Waals surface area (Å²) >= 11 is 0. The largest absolute Gasteiger partial charge is 0.492 e. The highest BCUT2D eigenvalue weighted by Gasteiger charge is 2.18. The topological polar surface area (TPSA) is 79.8 Å². The quantitative estimate of drug-likeness (QED) is 0.458. The molecule has 140 valence electrons. The maximum atomic E-state index is 11.4. The van der Waals surface area contributed by atoms with Crippen LogP contribution in [-0.2, 0) is 9.84 Å². The second kappa shape index (κ2) is 9.08. The maximum Gasteiger partial charge on any atom is 0.191 e. The van der Waals surface area contributed by atoms with Crippen molar-refractivity contribution in [1.82, 2.24) is 10.6 Å². The lowest BCUT2D eigenvalue weighted by molar-refractivity contribution is 0.316. The highest BCUT2D eigenvalue weighted by Crippen LogP contribution is 2.23. The highest BCUT2D eigenvalue weighted by molar-refractivity contribution is 7.90. The molecule has 0 saturated heterocycles. The van der Waals surface area contributed by atoms with Crippen LogP contribution in [0.1, 0.15) is 32.6 Å². The van der Waals surface area contributed by atoms with E-state index in [1.807, 2.05) is 0 Å². The zero-order chi connectivity index (χ0) is 18.3. The predicted octanol–water partition coefficient (Wildman–Crippen LogP) is 2.21. The fourth-order valence-electron chi connectivity index (χ4n) is 2.91. The van der Waals surface area contributed by atoms with Gasteiger partial charge in [0.1, 0.15) is 12.4 Å². The second-order valence-electron chi connectivity index (χ2n) is 6.69. The Balaban J connectivity index is 1.70. The number of nitrogens with zero attached hydrogens (tertiary/aromatic N) is 1. The number of sulfone groups is 1. The van der Waals surface area contributed by atoms with E-state index in [1.54, 1.807) is 31.3 Å². The molecule has 6 nitrogen and oxygen atoms in total. The Hall–Kier alpha value is -1.76. The summed E-state index contributed by atoms with van der Waals surface area (Å²) in [4.78, 5) is 4.55. The molecule has 0 aliphatic heterocycles. The lowest BCUT2D eigenvalue weighted by Crippen LogP contribution is -2.45. The van der Waals surface area contributed by atoms with Crippen LogP contribution in [-0.4, -0.2) is 46.9 Å². The number of hydrogen-bond acceptors (Lipinski definition) is 4. The van der Waals surface area contributed by atoms with Gasteiger partial charge >= 0.3 is 0 Å². The summed E-state index contributed by atoms with van der Waals surface area (Å²) in [5.41, 5.74) is 0. The Morgan fingerprint density at radius 2 is 1.84 bits per heavy atom. The number of rotatable bonds is 6. The van der Waals surface area contributed by atoms with Gasteiger partial charge in [-0.1, -0.05) is 6.92 Å². The van der Waals surface area contributed by atoms with Gasteiger partial charge in [0.15, 0.2) is 15.8 Å². The van der Waals surface area contributed by atoms with E-state index >= 15 is 0 Å². The van der Waals surface area contributed by atoms with Gasteiger partial charge in [-0.2, -0.15) is 0 Å². The van der Waals surface area contributed by atoms with Gasteiger partial charge in [-0.15, -0.1) is 0 Å². The number of ether oxygens (including phenoxy) is 1. The van der Waals surface area contributed by atoms with Crippen LogP contribution in [0, 0.1) is 5.92 Å². The number of benzene rings is 1. The molecule has 1 aliphatic carbocycles. The molecule has 0 bridgehead atoms. The summed E-state index contributed by atoms with van der Waals surface area (Å²) < 4.78 is 28.5. The van der Waals surface area contributed by atoms with Gasteiger partial charge in [-0.05, 0) is 55.9 Å². The van der Waals surface area contributed by atoms with Crippen molar-refractivity contribution in [2.45, 2.75) is 43.5 Å². The monoisotopic (exact) mass is 367 g/mol. The third kappa shape index (κ3) is 6.57. The van der Waals surface area contributed by atoms with Crippen LogP contribution in [0.3, 0.4) is 0 Å². The van der Waals surface area contributed by atoms with E-state index in [0.29, 0.717) is 29.8 Å². The van der Waals surface area contributed by atoms with Crippen LogP contribution in [0.2, 0.25) is 0 Å². The average molecular weight is 368 g/mol. The maximum absolute atomic E-state index is 11.4. The molecule has 0 radical (unpaired) electrons. The average Bonchev–Trinajstić information content (AvgIpc) is 2.59. The van der Waals surface area contributed by atoms with Gasteiger partial charge in [0.2, 0.25) is 0 Å². The molecule has 1 saturated carbocycles. The van der Waals surface area contributed by atoms with Gasteiger partial charge in [0.25, 0.3) is 0 Å². The first-order chi connectivity index (χ1) is 11.9. The first-order valence-electron chi connectivity index (χ1n) is 8.78. The van der Waals surface area contributed by atoms with Gasteiger partial charge < -0.3 is 15.4 Å². The van der Waals surface area contributed by atoms with E-state index < -0.39 is 9.84 Å². The minimum atomic E-state index is -3.17. The molecule has 2 N–H and O–H groups in total. The standard InChI is InChI=1S/C18H29N3O3S/c1-14-4-6-15(7-5-14)21-18(19-2)20-12-13-24-16-8-10-17(11-9-16)25(3,22)23/h8-11,14-15H,4-7,12-13H2,1-3H3,(H2,19,20,21). The van der Waals surface area contributed by atoms with Crippen LogP contribution < -0.4 is 15.4 Å². The molecular weight excluding hydrogens is 338 g/mol. The minimum Gasteiger partial charge on any atom is -0.492 e. The minimum absolute atomic E-state index is 0.296. The van der Waals surface area contributed by atoms with Gasteiger partial charge in [-0.25, -0.2) is 8.42 Å². The summed E-state index contributed by atoms with van der Waals surface area (Å²) in [7, 11) is -1.40. The third-order valence-electron chi connectivity index (χ3n) is 4.50. The van der Waals surface area contributed by atoms with E-state index in [9.17, 15) is 8.42 Å². The molecule has 1 aromatic rings. The number of aliphatic imine (C=N–C) groups is 1. The number of hydrogen-bond donors (Lipinski definition) is 2. The Morgan fingerprint density at radius 3 is 2.40 bits per heavy atom. The van der Waals surface area contributed by atoms with Gasteiger partial charge in [-0.3, -0.25) is 4.99 Å². The van der Waals surface area contributed by atoms with Gasteiger partial charge in [0.05, 0.1) is 11.4 Å². The molecule has 2 rings (SSSR count). The van der Waals surface area contributed by atoms with Crippen LogP contribution in [0.4, 0.5) is 0 Å². The molecule has 25 heavy (non-hydrogen) atoms. The molecule has 0 unspecified atom stereocenters. The van der Waals surface area contributed by atoms with Crippen molar-refractivity contribution in [3.8, 4) is 5.75 Å². The molecule has 0 spiro atoms. The van der Waals surface area contributed by atoms with Crippen LogP contribution in [0.15, 0.2) is 34.2 Å². The first-order valence-corrected chi connectivity index (χ1v) is 10.7. The van der Waals surface area contributed by atoms with E-state index in [1.165, 1.54) is 31.9 Å². The Bertz CT molecular complexity index is 663. The first kappa shape index (κ1) is 19.6. The second-order valence-corrected chi connectivity index (χ2v) is 8.71. The number of guanidine groups is 1. The third-order valence-corrected chi connectivity index (χ3v) is 5.62. The smallest absolute Gasteiger partial charge is 0.191 e. The molecule has 1 aliphatic rings. The van der Waals surface area contributed by atoms with E-state index in [-0.39, 0.29) is 0 Å². The van der Waals surface area contributed by atoms with Gasteiger partial charge in [0, 0.05) is 19.3 Å². The molecule has 0 heterocycles. The molecule has 1 aromatic carbocycles. The molecule has 0 aromatic heterocycles. The molecule has 1 fully saturated rings. The highest BCUT2D eigenvalue weighted by atomic mass is 32.2. The molecule has 0 amide bonds. The van der Waals surface area contributed by atoms with E-state index in [0.717, 1.165) is 11.9 Å². The Kier molecular flexibility index (Phi) is 7.11. The van der Waals surface area contributed by atoms with E-state index in [4.69, 9.17) is 4.74 Å². The summed E-state index contributed by atoms with van der Waals surface area (Å²) in [5, 5.41) is 6.72. The van der Waals surface area contributed by atoms with Crippen molar-refractivity contribution in [3.05, 3.63) is 24.3 Å². The summed E-state index contributed by atoms with van der Waals surface area (Å²) in [6.07, 6.45) is 6.09. The van der Waals surface area contributed by atoms with Crippen LogP contribution >= 0.6 is 0 Å². The van der Waals surface area contributed by atoms with Crippen molar-refractivity contribution in [3.63, 3.8) is 0 Å². The normalized spacial score (nSPS) is 21.6. The zero-order valence-corrected chi connectivity index (χ0v) is 16.1. The predicted molar refractivity (Wildman–Crippen MR) is 101 cm³/mol. The molecule has 0 atom stereocenters. The Labute approximate surface area is 151 Å². The SMILES string of the molecule is CN=C(NCCOc1ccc(S(C)(=O)=O)cc1)NC1CCC(C)CC1. The van der Waals surface area contributed by atoms with Crippen molar-refractivity contribution in [1.29, 1.82) is 0 Å². The lowest BCUT2D eigenvalue weighted by atomic mass is 9.87. The van der Waals surface area contributed by atoms with Crippen LogP contribution in [0.25, 0.3) is 0 Å². The summed E-state index contributed by atoms with van der Waals surface area (Å²) in [5.74, 6) is 2.28. The van der Waals surface area contributed by atoms with Crippen LogP contribution in [0.5, 0.6) is 5.75 Å². The van der Waals surface area contributed by atoms with Crippen molar-refractivity contribution in [2.75, 3.05) is 26.5 Å². The zero-order valence-electron chi connectivity index (χ0n) is 15.3. The van der Waals surface area contributed by atoms with E-state index in [2.05, 4.69) is 22.5 Å². The fraction of sp³-hybridized carbons (Fsp3) is 0.611. The van der Waals surface area contributed by atoms with Crippen molar-refractivity contribution in [2.24, 2.45) is 10.9 Å². The van der Waals surface area contributed by atoms with Crippen molar-refractivity contribution < 1.29 is 13.2 Å². The Morgan fingerprint density at radius 1 is 1.20 bits per heavy atom. The van der Waals surface area contributed by atoms with Crippen molar-refractivity contribution >= 4 is 15.8 Å². The molecular formula is C18H29N3O3S. The summed E-state index contributed by atoms with van der Waals surface area (Å²) in [6, 6.07) is 6.96. The summed E-state index contributed by atoms with van der Waals surface area (Å²) in [6.45, 7) is 3.40. The lowest BCUT2D eigenvalue weighted by Gasteiger charge is -2.28. The number of nitrogens with one attached hydrogen (secondary N) is 2. The molecule has 7 heteroatoms. The fourth-order valence-corrected chi connectivity index (χ4v) is 3.54.